The first kappa shape index (κ1) is 20.4. The molecule has 0 fully saturated rings. The first-order valence-corrected chi connectivity index (χ1v) is 10.2. The highest BCUT2D eigenvalue weighted by atomic mass is 35.5. The van der Waals surface area contributed by atoms with E-state index in [1.54, 1.807) is 19.1 Å². The first-order valence-electron chi connectivity index (χ1n) is 8.74. The number of nitrogens with one attached hydrogen (secondary N) is 1. The van der Waals surface area contributed by atoms with Gasteiger partial charge in [-0.3, -0.25) is 9.36 Å². The lowest BCUT2D eigenvalue weighted by molar-refractivity contribution is -0.120. The van der Waals surface area contributed by atoms with Crippen LogP contribution in [-0.4, -0.2) is 26.0 Å². The van der Waals surface area contributed by atoms with Crippen LogP contribution in [0.3, 0.4) is 0 Å². The molecular weight excluding hydrogens is 399 g/mol. The Hall–Kier alpha value is -2.38. The molecule has 28 heavy (non-hydrogen) atoms. The van der Waals surface area contributed by atoms with Gasteiger partial charge in [-0.15, -0.1) is 21.8 Å². The van der Waals surface area contributed by atoms with Gasteiger partial charge in [0.15, 0.2) is 11.0 Å². The summed E-state index contributed by atoms with van der Waals surface area (Å²) in [6.07, 6.45) is 0. The molecule has 0 saturated carbocycles. The number of aryl methyl sites for hydroxylation is 1. The Labute approximate surface area is 172 Å². The highest BCUT2D eigenvalue weighted by Gasteiger charge is 2.16. The predicted molar refractivity (Wildman–Crippen MR) is 109 cm³/mol. The van der Waals surface area contributed by atoms with E-state index in [1.807, 2.05) is 35.8 Å². The van der Waals surface area contributed by atoms with Crippen LogP contribution < -0.4 is 5.32 Å². The Kier molecular flexibility index (Phi) is 6.70. The molecule has 3 rings (SSSR count). The average molecular weight is 419 g/mol. The molecule has 8 heteroatoms. The van der Waals surface area contributed by atoms with Gasteiger partial charge in [0.05, 0.1) is 6.54 Å². The summed E-state index contributed by atoms with van der Waals surface area (Å²) in [5.41, 5.74) is 3.03. The van der Waals surface area contributed by atoms with Gasteiger partial charge in [0, 0.05) is 11.4 Å². The van der Waals surface area contributed by atoms with Gasteiger partial charge in [-0.25, -0.2) is 4.39 Å². The van der Waals surface area contributed by atoms with E-state index in [0.29, 0.717) is 16.7 Å². The smallest absolute Gasteiger partial charge is 0.238 e. The molecule has 5 nitrogen and oxygen atoms in total. The lowest BCUT2D eigenvalue weighted by Gasteiger charge is -2.12. The Morgan fingerprint density at radius 1 is 1.18 bits per heavy atom. The van der Waals surface area contributed by atoms with Crippen LogP contribution in [0.25, 0.3) is 5.69 Å². The quantitative estimate of drug-likeness (QED) is 0.460. The first-order chi connectivity index (χ1) is 13.4. The minimum absolute atomic E-state index is 0.216. The van der Waals surface area contributed by atoms with Gasteiger partial charge in [0.1, 0.15) is 11.2 Å². The number of aromatic nitrogens is 3. The zero-order chi connectivity index (χ0) is 20.1. The van der Waals surface area contributed by atoms with E-state index < -0.39 is 5.38 Å². The number of hydrogen-bond acceptors (Lipinski definition) is 4. The monoisotopic (exact) mass is 418 g/mol. The van der Waals surface area contributed by atoms with Crippen LogP contribution in [0.1, 0.15) is 23.9 Å². The number of hydrogen-bond donors (Lipinski definition) is 1. The molecule has 0 aliphatic heterocycles. The largest absolute Gasteiger partial charge is 0.348 e. The number of nitrogens with zero attached hydrogens (tertiary/aromatic N) is 3. The van der Waals surface area contributed by atoms with Gasteiger partial charge in [-0.1, -0.05) is 41.6 Å². The van der Waals surface area contributed by atoms with E-state index in [2.05, 4.69) is 15.5 Å². The van der Waals surface area contributed by atoms with Crippen LogP contribution >= 0.6 is 23.4 Å². The minimum Gasteiger partial charge on any atom is -0.348 e. The highest BCUT2D eigenvalue weighted by molar-refractivity contribution is 7.98. The minimum atomic E-state index is -0.622. The number of rotatable bonds is 7. The number of carbonyl (C=O) groups excluding carboxylic acids is 1. The Morgan fingerprint density at radius 2 is 1.86 bits per heavy atom. The molecular formula is C20H20ClFN4OS. The van der Waals surface area contributed by atoms with Crippen molar-refractivity contribution in [3.05, 3.63) is 71.3 Å². The Bertz CT molecular complexity index is 942. The maximum Gasteiger partial charge on any atom is 0.238 e. The summed E-state index contributed by atoms with van der Waals surface area (Å²) >= 11 is 7.31. The van der Waals surface area contributed by atoms with Crippen molar-refractivity contribution >= 4 is 29.3 Å². The molecule has 1 aromatic heterocycles. The SMILES string of the molecule is Cc1ccc(-n2c(CNC(=O)[C@@H](C)Cl)nnc2SCc2ccc(F)cc2)cc1. The third-order valence-corrected chi connectivity index (χ3v) is 5.25. The molecule has 2 aromatic carbocycles. The zero-order valence-corrected chi connectivity index (χ0v) is 17.1. The average Bonchev–Trinajstić information content (AvgIpc) is 3.09. The topological polar surface area (TPSA) is 59.8 Å². The molecule has 0 saturated heterocycles. The molecule has 146 valence electrons. The molecule has 1 N–H and O–H groups in total. The van der Waals surface area contributed by atoms with Crippen molar-refractivity contribution in [1.29, 1.82) is 0 Å². The van der Waals surface area contributed by atoms with Crippen LogP contribution in [0.5, 0.6) is 0 Å². The van der Waals surface area contributed by atoms with Gasteiger partial charge >= 0.3 is 0 Å². The maximum atomic E-state index is 13.1. The second kappa shape index (κ2) is 9.21. The third-order valence-electron chi connectivity index (χ3n) is 4.06. The van der Waals surface area contributed by atoms with E-state index in [0.717, 1.165) is 16.8 Å². The summed E-state index contributed by atoms with van der Waals surface area (Å²) < 4.78 is 15.0. The van der Waals surface area contributed by atoms with Crippen LogP contribution in [0.15, 0.2) is 53.7 Å². The summed E-state index contributed by atoms with van der Waals surface area (Å²) in [5, 5.41) is 11.4. The third kappa shape index (κ3) is 5.11. The summed E-state index contributed by atoms with van der Waals surface area (Å²) in [5.74, 6) is 0.704. The summed E-state index contributed by atoms with van der Waals surface area (Å²) in [7, 11) is 0. The van der Waals surface area contributed by atoms with Crippen LogP contribution in [0.4, 0.5) is 4.39 Å². The van der Waals surface area contributed by atoms with Gasteiger partial charge in [0.2, 0.25) is 5.91 Å². The van der Waals surface area contributed by atoms with Gasteiger partial charge in [-0.2, -0.15) is 0 Å². The number of amides is 1. The number of halogens is 2. The second-order valence-corrected chi connectivity index (χ2v) is 7.92. The van der Waals surface area contributed by atoms with Crippen molar-refractivity contribution in [3.63, 3.8) is 0 Å². The van der Waals surface area contributed by atoms with Crippen molar-refractivity contribution in [2.75, 3.05) is 0 Å². The maximum absolute atomic E-state index is 13.1. The Morgan fingerprint density at radius 3 is 2.50 bits per heavy atom. The molecule has 0 aliphatic carbocycles. The molecule has 1 atom stereocenters. The van der Waals surface area contributed by atoms with Crippen LogP contribution in [-0.2, 0) is 17.1 Å². The van der Waals surface area contributed by atoms with Gasteiger partial charge < -0.3 is 5.32 Å². The van der Waals surface area contributed by atoms with Crippen LogP contribution in [0, 0.1) is 12.7 Å². The normalized spacial score (nSPS) is 12.0. The standard InChI is InChI=1S/C20H20ClFN4OS/c1-13-3-9-17(10-4-13)26-18(11-23-19(27)14(2)21)24-25-20(26)28-12-15-5-7-16(22)8-6-15/h3-10,14H,11-12H2,1-2H3,(H,23,27)/t14-/m1/s1. The van der Waals surface area contributed by atoms with E-state index in [-0.39, 0.29) is 18.3 Å². The summed E-state index contributed by atoms with van der Waals surface area (Å²) in [6, 6.07) is 14.4. The molecule has 3 aromatic rings. The molecule has 1 heterocycles. The number of benzene rings is 2. The van der Waals surface area contributed by atoms with E-state index >= 15 is 0 Å². The van der Waals surface area contributed by atoms with E-state index in [1.165, 1.54) is 23.9 Å². The van der Waals surface area contributed by atoms with Gasteiger partial charge in [0.25, 0.3) is 0 Å². The molecule has 0 aliphatic rings. The molecule has 0 unspecified atom stereocenters. The lowest BCUT2D eigenvalue weighted by Crippen LogP contribution is -2.30. The van der Waals surface area contributed by atoms with Crippen molar-refractivity contribution < 1.29 is 9.18 Å². The number of carbonyl (C=O) groups is 1. The van der Waals surface area contributed by atoms with E-state index in [9.17, 15) is 9.18 Å². The number of alkyl halides is 1. The zero-order valence-electron chi connectivity index (χ0n) is 15.5. The van der Waals surface area contributed by atoms with Crippen molar-refractivity contribution in [2.24, 2.45) is 0 Å². The van der Waals surface area contributed by atoms with Crippen LogP contribution in [0.2, 0.25) is 0 Å². The van der Waals surface area contributed by atoms with E-state index in [4.69, 9.17) is 11.6 Å². The molecule has 1 amide bonds. The fourth-order valence-corrected chi connectivity index (χ4v) is 3.50. The molecule has 0 bridgehead atoms. The van der Waals surface area contributed by atoms with Crippen molar-refractivity contribution in [1.82, 2.24) is 20.1 Å². The molecule has 0 radical (unpaired) electrons. The number of thioether (sulfide) groups is 1. The highest BCUT2D eigenvalue weighted by Crippen LogP contribution is 2.25. The Balaban J connectivity index is 1.85. The lowest BCUT2D eigenvalue weighted by atomic mass is 10.2. The molecule has 0 spiro atoms. The van der Waals surface area contributed by atoms with Crippen molar-refractivity contribution in [2.45, 2.75) is 36.7 Å². The van der Waals surface area contributed by atoms with Gasteiger partial charge in [-0.05, 0) is 43.7 Å². The fourth-order valence-electron chi connectivity index (χ4n) is 2.50. The predicted octanol–water partition coefficient (Wildman–Crippen LogP) is 4.25. The summed E-state index contributed by atoms with van der Waals surface area (Å²) in [6.45, 7) is 3.85. The summed E-state index contributed by atoms with van der Waals surface area (Å²) in [4.78, 5) is 11.8. The fraction of sp³-hybridized carbons (Fsp3) is 0.250. The second-order valence-electron chi connectivity index (χ2n) is 6.32. The van der Waals surface area contributed by atoms with Crippen molar-refractivity contribution in [3.8, 4) is 5.69 Å².